The zero-order valence-corrected chi connectivity index (χ0v) is 5.44. The van der Waals surface area contributed by atoms with Gasteiger partial charge in [-0.05, 0) is 0 Å². The first-order valence-electron chi connectivity index (χ1n) is 2.83. The van der Waals surface area contributed by atoms with Gasteiger partial charge in [0.25, 0.3) is 0 Å². The highest BCUT2D eigenvalue weighted by Crippen LogP contribution is 2.25. The van der Waals surface area contributed by atoms with E-state index in [0.29, 0.717) is 5.41 Å². The van der Waals surface area contributed by atoms with Crippen LogP contribution in [0.5, 0.6) is 0 Å². The predicted molar refractivity (Wildman–Crippen MR) is 30.8 cm³/mol. The maximum Gasteiger partial charge on any atom is 0.0564 e. The van der Waals surface area contributed by atoms with Crippen molar-refractivity contribution in [3.63, 3.8) is 0 Å². The number of rotatable bonds is 2. The molecule has 8 heavy (non-hydrogen) atoms. The zero-order valence-electron chi connectivity index (χ0n) is 5.44. The van der Waals surface area contributed by atoms with Gasteiger partial charge < -0.3 is 9.47 Å². The third-order valence-electron chi connectivity index (χ3n) is 1.39. The molecular weight excluding hydrogens is 104 g/mol. The van der Waals surface area contributed by atoms with Crippen molar-refractivity contribution in [3.05, 3.63) is 0 Å². The van der Waals surface area contributed by atoms with E-state index in [9.17, 15) is 0 Å². The van der Waals surface area contributed by atoms with Crippen molar-refractivity contribution in [3.8, 4) is 0 Å². The van der Waals surface area contributed by atoms with Crippen LogP contribution in [0.4, 0.5) is 0 Å². The fraction of sp³-hybridized carbons (Fsp3) is 1.00. The fourth-order valence-corrected chi connectivity index (χ4v) is 0.882. The summed E-state index contributed by atoms with van der Waals surface area (Å²) in [6, 6.07) is 0. The van der Waals surface area contributed by atoms with Gasteiger partial charge in [0.2, 0.25) is 0 Å². The van der Waals surface area contributed by atoms with E-state index < -0.39 is 0 Å². The zero-order chi connectivity index (χ0) is 6.04. The second kappa shape index (κ2) is 2.03. The predicted octanol–water partition coefficient (Wildman–Crippen LogP) is 0.669. The Hall–Kier alpha value is -0.0800. The van der Waals surface area contributed by atoms with Gasteiger partial charge in [0, 0.05) is 12.5 Å². The Morgan fingerprint density at radius 2 is 2.25 bits per heavy atom. The highest BCUT2D eigenvalue weighted by atomic mass is 16.5. The molecule has 0 spiro atoms. The first-order valence-corrected chi connectivity index (χ1v) is 2.83. The van der Waals surface area contributed by atoms with Crippen molar-refractivity contribution in [2.24, 2.45) is 5.41 Å². The Balaban J connectivity index is 2.20. The third-order valence-corrected chi connectivity index (χ3v) is 1.39. The normalized spacial score (nSPS) is 24.8. The Morgan fingerprint density at radius 3 is 2.38 bits per heavy atom. The number of hydrogen-bond acceptors (Lipinski definition) is 2. The van der Waals surface area contributed by atoms with Crippen LogP contribution in [0.3, 0.4) is 0 Å². The van der Waals surface area contributed by atoms with Crippen molar-refractivity contribution < 1.29 is 9.47 Å². The van der Waals surface area contributed by atoms with E-state index >= 15 is 0 Å². The van der Waals surface area contributed by atoms with E-state index in [2.05, 4.69) is 6.92 Å². The van der Waals surface area contributed by atoms with E-state index in [1.165, 1.54) is 0 Å². The first kappa shape index (κ1) is 6.05. The van der Waals surface area contributed by atoms with Gasteiger partial charge in [-0.25, -0.2) is 0 Å². The van der Waals surface area contributed by atoms with Gasteiger partial charge in [0.1, 0.15) is 0 Å². The molecule has 0 atom stereocenters. The molecule has 1 saturated heterocycles. The van der Waals surface area contributed by atoms with Crippen LogP contribution in [0.25, 0.3) is 0 Å². The van der Waals surface area contributed by atoms with Crippen LogP contribution in [0.15, 0.2) is 0 Å². The van der Waals surface area contributed by atoms with Crippen LogP contribution < -0.4 is 0 Å². The molecule has 1 rings (SSSR count). The molecule has 2 nitrogen and oxygen atoms in total. The third kappa shape index (κ3) is 1.01. The average Bonchev–Trinajstić information content (AvgIpc) is 1.64. The Labute approximate surface area is 49.8 Å². The summed E-state index contributed by atoms with van der Waals surface area (Å²) in [5.74, 6) is 0. The summed E-state index contributed by atoms with van der Waals surface area (Å²) in [4.78, 5) is 0. The second-order valence-corrected chi connectivity index (χ2v) is 2.74. The molecule has 0 aromatic heterocycles. The van der Waals surface area contributed by atoms with E-state index in [1.54, 1.807) is 7.11 Å². The second-order valence-electron chi connectivity index (χ2n) is 2.74. The van der Waals surface area contributed by atoms with Crippen molar-refractivity contribution >= 4 is 0 Å². The molecule has 0 N–H and O–H groups in total. The topological polar surface area (TPSA) is 18.5 Å². The Kier molecular flexibility index (Phi) is 1.54. The van der Waals surface area contributed by atoms with E-state index in [1.807, 2.05) is 0 Å². The molecule has 2 heteroatoms. The lowest BCUT2D eigenvalue weighted by Gasteiger charge is -2.37. The van der Waals surface area contributed by atoms with Gasteiger partial charge in [-0.3, -0.25) is 0 Å². The molecule has 0 bridgehead atoms. The lowest BCUT2D eigenvalue weighted by molar-refractivity contribution is -0.131. The molecule has 0 aromatic rings. The SMILES string of the molecule is COCC1(C)COC1. The van der Waals surface area contributed by atoms with E-state index in [0.717, 1.165) is 19.8 Å². The largest absolute Gasteiger partial charge is 0.384 e. The van der Waals surface area contributed by atoms with Gasteiger partial charge in [-0.2, -0.15) is 0 Å². The lowest BCUT2D eigenvalue weighted by atomic mass is 9.90. The molecule has 1 aliphatic rings. The van der Waals surface area contributed by atoms with Crippen LogP contribution in [0.2, 0.25) is 0 Å². The van der Waals surface area contributed by atoms with Crippen LogP contribution in [0.1, 0.15) is 6.92 Å². The molecular formula is C6H12O2. The summed E-state index contributed by atoms with van der Waals surface area (Å²) in [6.07, 6.45) is 0. The number of methoxy groups -OCH3 is 1. The standard InChI is InChI=1S/C6H12O2/c1-6(3-7-2)4-8-5-6/h3-5H2,1-2H3. The van der Waals surface area contributed by atoms with Crippen molar-refractivity contribution in [2.45, 2.75) is 6.92 Å². The quantitative estimate of drug-likeness (QED) is 0.528. The van der Waals surface area contributed by atoms with Crippen LogP contribution in [0, 0.1) is 5.41 Å². The highest BCUT2D eigenvalue weighted by Gasteiger charge is 2.32. The summed E-state index contributed by atoms with van der Waals surface area (Å²) in [6.45, 7) is 4.72. The lowest BCUT2D eigenvalue weighted by Crippen LogP contribution is -2.43. The summed E-state index contributed by atoms with van der Waals surface area (Å²) in [5, 5.41) is 0. The molecule has 0 aliphatic carbocycles. The maximum absolute atomic E-state index is 5.01. The van der Waals surface area contributed by atoms with Gasteiger partial charge in [0.15, 0.2) is 0 Å². The minimum absolute atomic E-state index is 0.328. The Bertz CT molecular complexity index is 76.6. The van der Waals surface area contributed by atoms with E-state index in [4.69, 9.17) is 9.47 Å². The van der Waals surface area contributed by atoms with Crippen molar-refractivity contribution in [1.82, 2.24) is 0 Å². The average molecular weight is 116 g/mol. The first-order chi connectivity index (χ1) is 3.77. The summed E-state index contributed by atoms with van der Waals surface area (Å²) in [7, 11) is 1.73. The molecule has 0 unspecified atom stereocenters. The van der Waals surface area contributed by atoms with Gasteiger partial charge in [0.05, 0.1) is 19.8 Å². The minimum atomic E-state index is 0.328. The minimum Gasteiger partial charge on any atom is -0.384 e. The highest BCUT2D eigenvalue weighted by molar-refractivity contribution is 4.79. The summed E-state index contributed by atoms with van der Waals surface area (Å²) >= 11 is 0. The molecule has 1 heterocycles. The van der Waals surface area contributed by atoms with Gasteiger partial charge in [-0.1, -0.05) is 6.92 Å². The van der Waals surface area contributed by atoms with Gasteiger partial charge >= 0.3 is 0 Å². The number of hydrogen-bond donors (Lipinski definition) is 0. The molecule has 0 saturated carbocycles. The smallest absolute Gasteiger partial charge is 0.0564 e. The fourth-order valence-electron chi connectivity index (χ4n) is 0.882. The van der Waals surface area contributed by atoms with Crippen LogP contribution in [-0.4, -0.2) is 26.9 Å². The Morgan fingerprint density at radius 1 is 1.62 bits per heavy atom. The van der Waals surface area contributed by atoms with Crippen LogP contribution in [-0.2, 0) is 9.47 Å². The van der Waals surface area contributed by atoms with Crippen LogP contribution >= 0.6 is 0 Å². The molecule has 0 aromatic carbocycles. The molecule has 0 amide bonds. The molecule has 0 radical (unpaired) electrons. The van der Waals surface area contributed by atoms with Crippen molar-refractivity contribution in [1.29, 1.82) is 0 Å². The molecule has 1 aliphatic heterocycles. The maximum atomic E-state index is 5.01. The summed E-state index contributed by atoms with van der Waals surface area (Å²) in [5.41, 5.74) is 0.328. The molecule has 48 valence electrons. The van der Waals surface area contributed by atoms with E-state index in [-0.39, 0.29) is 0 Å². The van der Waals surface area contributed by atoms with Gasteiger partial charge in [-0.15, -0.1) is 0 Å². The number of ether oxygens (including phenoxy) is 2. The molecule has 1 fully saturated rings. The summed E-state index contributed by atoms with van der Waals surface area (Å²) < 4.78 is 9.98. The monoisotopic (exact) mass is 116 g/mol. The van der Waals surface area contributed by atoms with Crippen molar-refractivity contribution in [2.75, 3.05) is 26.9 Å².